The molecule has 0 saturated heterocycles. The fourth-order valence-electron chi connectivity index (χ4n) is 2.31. The van der Waals surface area contributed by atoms with Crippen LogP contribution in [0.1, 0.15) is 38.3 Å². The van der Waals surface area contributed by atoms with Crippen LogP contribution >= 0.6 is 0 Å². The van der Waals surface area contributed by atoms with Crippen LogP contribution in [0.4, 0.5) is 5.69 Å². The minimum Gasteiger partial charge on any atom is -0.390 e. The smallest absolute Gasteiger partial charge is 0.125 e. The molecule has 1 aromatic carbocycles. The maximum atomic E-state index is 9.82. The fraction of sp³-hybridized carbons (Fsp3) is 0.500. The van der Waals surface area contributed by atoms with Crippen molar-refractivity contribution in [1.82, 2.24) is 0 Å². The topological polar surface area (TPSA) is 52.5 Å². The average Bonchev–Trinajstić information content (AvgIpc) is 2.16. The molecule has 1 radical (unpaired) electrons. The number of aliphatic hydroxyl groups excluding tert-OH is 1. The second kappa shape index (κ2) is 4.31. The Balaban J connectivity index is 2.27. The third-order valence-corrected chi connectivity index (χ3v) is 3.00. The van der Waals surface area contributed by atoms with Crippen LogP contribution in [0.3, 0.4) is 0 Å². The van der Waals surface area contributed by atoms with E-state index in [2.05, 4.69) is 11.4 Å². The van der Waals surface area contributed by atoms with Crippen LogP contribution in [-0.2, 0) is 6.42 Å². The summed E-state index contributed by atoms with van der Waals surface area (Å²) in [4.78, 5) is 0. The highest BCUT2D eigenvalue weighted by Crippen LogP contribution is 2.33. The van der Waals surface area contributed by atoms with Gasteiger partial charge in [0.05, 0.1) is 5.60 Å². The van der Waals surface area contributed by atoms with Gasteiger partial charge in [0.2, 0.25) is 0 Å². The summed E-state index contributed by atoms with van der Waals surface area (Å²) in [7, 11) is 0. The van der Waals surface area contributed by atoms with Gasteiger partial charge >= 0.3 is 0 Å². The summed E-state index contributed by atoms with van der Waals surface area (Å²) >= 11 is 0. The maximum Gasteiger partial charge on any atom is 0.125 e. The van der Waals surface area contributed by atoms with Gasteiger partial charge in [0.1, 0.15) is 6.23 Å². The first-order chi connectivity index (χ1) is 7.85. The number of nitrogens with one attached hydrogen (secondary N) is 1. The van der Waals surface area contributed by atoms with Gasteiger partial charge in [0.25, 0.3) is 0 Å². The molecule has 1 heterocycles. The molecule has 3 nitrogen and oxygen atoms in total. The standard InChI is InChI=1S/C14H20NO2/c1-9-6-13(16)15-12-5-4-10(7-11(9)12)8-14(2,3)17/h4-5,7,13,15-17H,6,8H2,1-3H3. The van der Waals surface area contributed by atoms with Gasteiger partial charge in [-0.1, -0.05) is 19.1 Å². The van der Waals surface area contributed by atoms with E-state index in [0.717, 1.165) is 16.8 Å². The minimum absolute atomic E-state index is 0.484. The van der Waals surface area contributed by atoms with Gasteiger partial charge in [-0.2, -0.15) is 0 Å². The Morgan fingerprint density at radius 2 is 2.12 bits per heavy atom. The highest BCUT2D eigenvalue weighted by molar-refractivity contribution is 5.61. The molecule has 0 fully saturated rings. The molecule has 1 unspecified atom stereocenters. The third-order valence-electron chi connectivity index (χ3n) is 3.00. The van der Waals surface area contributed by atoms with Crippen molar-refractivity contribution in [2.45, 2.75) is 45.4 Å². The number of rotatable bonds is 2. The molecule has 0 aromatic heterocycles. The van der Waals surface area contributed by atoms with Crippen molar-refractivity contribution in [2.24, 2.45) is 0 Å². The lowest BCUT2D eigenvalue weighted by Gasteiger charge is -2.29. The Hall–Kier alpha value is -1.06. The summed E-state index contributed by atoms with van der Waals surface area (Å²) in [6, 6.07) is 6.07. The van der Waals surface area contributed by atoms with Crippen LogP contribution in [0.2, 0.25) is 0 Å². The molecule has 2 rings (SSSR count). The highest BCUT2D eigenvalue weighted by atomic mass is 16.3. The van der Waals surface area contributed by atoms with Crippen molar-refractivity contribution in [3.63, 3.8) is 0 Å². The van der Waals surface area contributed by atoms with Gasteiger partial charge < -0.3 is 15.5 Å². The van der Waals surface area contributed by atoms with Gasteiger partial charge in [-0.05, 0) is 31.0 Å². The first-order valence-corrected chi connectivity index (χ1v) is 5.98. The molecule has 0 bridgehead atoms. The van der Waals surface area contributed by atoms with Crippen LogP contribution in [0.15, 0.2) is 18.2 Å². The summed E-state index contributed by atoms with van der Waals surface area (Å²) in [6.07, 6.45) is 0.803. The van der Waals surface area contributed by atoms with Crippen LogP contribution in [0.5, 0.6) is 0 Å². The van der Waals surface area contributed by atoms with E-state index in [9.17, 15) is 10.2 Å². The van der Waals surface area contributed by atoms with E-state index in [1.807, 2.05) is 32.9 Å². The lowest BCUT2D eigenvalue weighted by atomic mass is 9.88. The van der Waals surface area contributed by atoms with E-state index in [-0.39, 0.29) is 0 Å². The van der Waals surface area contributed by atoms with E-state index >= 15 is 0 Å². The third kappa shape index (κ3) is 2.99. The molecule has 3 N–H and O–H groups in total. The van der Waals surface area contributed by atoms with E-state index in [4.69, 9.17) is 0 Å². The van der Waals surface area contributed by atoms with Crippen molar-refractivity contribution in [1.29, 1.82) is 0 Å². The number of fused-ring (bicyclic) bond motifs is 1. The predicted molar refractivity (Wildman–Crippen MR) is 68.7 cm³/mol. The molecule has 1 aliphatic rings. The summed E-state index contributed by atoms with van der Waals surface area (Å²) in [5.41, 5.74) is 2.55. The number of anilines is 1. The Bertz CT molecular complexity index is 409. The summed E-state index contributed by atoms with van der Waals surface area (Å²) in [6.45, 7) is 5.66. The highest BCUT2D eigenvalue weighted by Gasteiger charge is 2.23. The van der Waals surface area contributed by atoms with Crippen molar-refractivity contribution >= 4 is 5.69 Å². The Labute approximate surface area is 102 Å². The van der Waals surface area contributed by atoms with Crippen LogP contribution in [0, 0.1) is 5.92 Å². The monoisotopic (exact) mass is 234 g/mol. The van der Waals surface area contributed by atoms with Gasteiger partial charge in [0.15, 0.2) is 0 Å². The van der Waals surface area contributed by atoms with Gasteiger partial charge in [-0.3, -0.25) is 0 Å². The molecule has 93 valence electrons. The Morgan fingerprint density at radius 1 is 1.41 bits per heavy atom. The zero-order valence-electron chi connectivity index (χ0n) is 10.6. The average molecular weight is 234 g/mol. The number of aliphatic hydroxyl groups is 2. The lowest BCUT2D eigenvalue weighted by Crippen LogP contribution is -2.27. The van der Waals surface area contributed by atoms with Crippen LogP contribution in [0.25, 0.3) is 0 Å². The normalized spacial score (nSPS) is 20.9. The summed E-state index contributed by atoms with van der Waals surface area (Å²) < 4.78 is 0. The number of hydrogen-bond donors (Lipinski definition) is 3. The number of benzene rings is 1. The summed E-state index contributed by atoms with van der Waals surface area (Å²) in [5, 5.41) is 22.5. The molecule has 0 amide bonds. The second-order valence-electron chi connectivity index (χ2n) is 5.51. The fourth-order valence-corrected chi connectivity index (χ4v) is 2.31. The zero-order valence-corrected chi connectivity index (χ0v) is 10.6. The molecule has 1 aliphatic heterocycles. The zero-order chi connectivity index (χ0) is 12.6. The lowest BCUT2D eigenvalue weighted by molar-refractivity contribution is 0.0809. The molecule has 0 aliphatic carbocycles. The Morgan fingerprint density at radius 3 is 2.76 bits per heavy atom. The van der Waals surface area contributed by atoms with Gasteiger partial charge in [-0.15, -0.1) is 0 Å². The largest absolute Gasteiger partial charge is 0.390 e. The predicted octanol–water partition coefficient (Wildman–Crippen LogP) is 2.08. The van der Waals surface area contributed by atoms with Crippen LogP contribution < -0.4 is 5.32 Å². The molecule has 17 heavy (non-hydrogen) atoms. The second-order valence-corrected chi connectivity index (χ2v) is 5.51. The Kier molecular flexibility index (Phi) is 3.15. The van der Waals surface area contributed by atoms with Gasteiger partial charge in [-0.25, -0.2) is 0 Å². The van der Waals surface area contributed by atoms with E-state index in [1.54, 1.807) is 0 Å². The molecular weight excluding hydrogens is 214 g/mol. The van der Waals surface area contributed by atoms with Crippen molar-refractivity contribution in [3.05, 3.63) is 35.2 Å². The van der Waals surface area contributed by atoms with Gasteiger partial charge in [0, 0.05) is 24.4 Å². The van der Waals surface area contributed by atoms with Crippen LogP contribution in [-0.4, -0.2) is 22.0 Å². The first-order valence-electron chi connectivity index (χ1n) is 5.98. The first kappa shape index (κ1) is 12.4. The molecule has 0 spiro atoms. The van der Waals surface area contributed by atoms with Crippen molar-refractivity contribution < 1.29 is 10.2 Å². The van der Waals surface area contributed by atoms with E-state index in [1.165, 1.54) is 5.92 Å². The molecular formula is C14H20NO2. The molecule has 0 saturated carbocycles. The SMILES string of the molecule is C[C]1CC(O)Nc2ccc(CC(C)(C)O)cc21. The molecule has 3 heteroatoms. The quantitative estimate of drug-likeness (QED) is 0.734. The van der Waals surface area contributed by atoms with E-state index in [0.29, 0.717) is 12.8 Å². The van der Waals surface area contributed by atoms with Crippen molar-refractivity contribution in [3.8, 4) is 0 Å². The molecule has 1 atom stereocenters. The minimum atomic E-state index is -0.691. The molecule has 1 aromatic rings. The van der Waals surface area contributed by atoms with E-state index < -0.39 is 11.8 Å². The maximum absolute atomic E-state index is 9.82. The summed E-state index contributed by atoms with van der Waals surface area (Å²) in [5.74, 6) is 1.18. The number of hydrogen-bond acceptors (Lipinski definition) is 3. The van der Waals surface area contributed by atoms with Crippen molar-refractivity contribution in [2.75, 3.05) is 5.32 Å².